The van der Waals surface area contributed by atoms with Crippen LogP contribution in [0.4, 0.5) is 0 Å². The van der Waals surface area contributed by atoms with E-state index < -0.39 is 15.5 Å². The van der Waals surface area contributed by atoms with Gasteiger partial charge in [-0.2, -0.15) is 15.3 Å². The Labute approximate surface area is 140 Å². The molecule has 0 atom stereocenters. The molecule has 0 saturated carbocycles. The molecule has 0 saturated heterocycles. The van der Waals surface area contributed by atoms with E-state index in [1.165, 1.54) is 4.68 Å². The Morgan fingerprint density at radius 1 is 1.42 bits per heavy atom. The van der Waals surface area contributed by atoms with E-state index in [0.29, 0.717) is 49.2 Å². The van der Waals surface area contributed by atoms with Gasteiger partial charge in [-0.15, -0.1) is 12.3 Å². The Hall–Kier alpha value is -2.21. The van der Waals surface area contributed by atoms with Crippen molar-refractivity contribution in [3.63, 3.8) is 0 Å². The standard InChI is InChI=1S/C15H19N5O3S/c1-3-4-6-15(18-19-15)7-8-16-14(21)13-11-10-24(22,23)9-5-12(11)17-20(13)2/h1H,4-10H2,2H3,(H,16,21). The number of sulfone groups is 1. The number of aryl methyl sites for hydroxylation is 2. The van der Waals surface area contributed by atoms with Crippen molar-refractivity contribution in [2.45, 2.75) is 37.1 Å². The molecule has 1 aromatic rings. The van der Waals surface area contributed by atoms with Gasteiger partial charge in [0.15, 0.2) is 15.5 Å². The van der Waals surface area contributed by atoms with Gasteiger partial charge >= 0.3 is 0 Å². The number of fused-ring (bicyclic) bond motifs is 1. The molecular formula is C15H19N5O3S. The summed E-state index contributed by atoms with van der Waals surface area (Å²) in [5.41, 5.74) is 1.07. The van der Waals surface area contributed by atoms with Crippen molar-refractivity contribution in [1.29, 1.82) is 0 Å². The van der Waals surface area contributed by atoms with E-state index in [1.807, 2.05) is 0 Å². The summed E-state index contributed by atoms with van der Waals surface area (Å²) in [7, 11) is -1.51. The lowest BCUT2D eigenvalue weighted by Crippen LogP contribution is -2.31. The average molecular weight is 349 g/mol. The molecule has 0 aliphatic carbocycles. The van der Waals surface area contributed by atoms with E-state index in [2.05, 4.69) is 26.6 Å². The highest BCUT2D eigenvalue weighted by Gasteiger charge is 2.39. The molecule has 9 heteroatoms. The van der Waals surface area contributed by atoms with Crippen LogP contribution in [0.3, 0.4) is 0 Å². The minimum Gasteiger partial charge on any atom is -0.351 e. The zero-order valence-corrected chi connectivity index (χ0v) is 14.3. The van der Waals surface area contributed by atoms with E-state index in [0.717, 1.165) is 0 Å². The Balaban J connectivity index is 1.64. The fraction of sp³-hybridized carbons (Fsp3) is 0.600. The third-order valence-electron chi connectivity index (χ3n) is 4.32. The van der Waals surface area contributed by atoms with Crippen LogP contribution in [0, 0.1) is 12.3 Å². The Kier molecular flexibility index (Phi) is 4.17. The first-order valence-corrected chi connectivity index (χ1v) is 9.59. The van der Waals surface area contributed by atoms with Gasteiger partial charge in [0.25, 0.3) is 5.91 Å². The first-order chi connectivity index (χ1) is 11.4. The van der Waals surface area contributed by atoms with Crippen LogP contribution >= 0.6 is 0 Å². The molecule has 0 spiro atoms. The van der Waals surface area contributed by atoms with Crippen molar-refractivity contribution in [2.24, 2.45) is 17.3 Å². The summed E-state index contributed by atoms with van der Waals surface area (Å²) in [5, 5.41) is 15.1. The van der Waals surface area contributed by atoms with Crippen LogP contribution in [0.2, 0.25) is 0 Å². The zero-order valence-electron chi connectivity index (χ0n) is 13.4. The molecule has 2 aliphatic heterocycles. The lowest BCUT2D eigenvalue weighted by molar-refractivity contribution is 0.0941. The molecule has 2 aliphatic rings. The highest BCUT2D eigenvalue weighted by atomic mass is 32.2. The smallest absolute Gasteiger partial charge is 0.269 e. The monoisotopic (exact) mass is 349 g/mol. The number of aromatic nitrogens is 2. The van der Waals surface area contributed by atoms with E-state index in [1.54, 1.807) is 7.05 Å². The highest BCUT2D eigenvalue weighted by molar-refractivity contribution is 7.90. The van der Waals surface area contributed by atoms with Crippen LogP contribution in [0.15, 0.2) is 10.2 Å². The van der Waals surface area contributed by atoms with E-state index in [9.17, 15) is 13.2 Å². The molecule has 0 unspecified atom stereocenters. The van der Waals surface area contributed by atoms with Gasteiger partial charge in [-0.25, -0.2) is 8.42 Å². The van der Waals surface area contributed by atoms with Gasteiger partial charge in [0.1, 0.15) is 5.69 Å². The molecule has 1 amide bonds. The summed E-state index contributed by atoms with van der Waals surface area (Å²) in [6, 6.07) is 0. The minimum absolute atomic E-state index is 0.0821. The van der Waals surface area contributed by atoms with E-state index >= 15 is 0 Å². The summed E-state index contributed by atoms with van der Waals surface area (Å²) >= 11 is 0. The molecule has 0 aromatic carbocycles. The van der Waals surface area contributed by atoms with Crippen molar-refractivity contribution in [3.8, 4) is 12.3 Å². The molecule has 0 radical (unpaired) electrons. The van der Waals surface area contributed by atoms with Gasteiger partial charge in [-0.05, 0) is 0 Å². The number of carbonyl (C=O) groups is 1. The van der Waals surface area contributed by atoms with Gasteiger partial charge < -0.3 is 5.32 Å². The number of hydrogen-bond donors (Lipinski definition) is 1. The van der Waals surface area contributed by atoms with Crippen LogP contribution < -0.4 is 5.32 Å². The number of carbonyl (C=O) groups excluding carboxylic acids is 1. The second-order valence-electron chi connectivity index (χ2n) is 6.13. The number of rotatable bonds is 6. The summed E-state index contributed by atoms with van der Waals surface area (Å²) in [6.45, 7) is 0.392. The van der Waals surface area contributed by atoms with Gasteiger partial charge in [0, 0.05) is 44.8 Å². The predicted molar refractivity (Wildman–Crippen MR) is 87.0 cm³/mol. The summed E-state index contributed by atoms with van der Waals surface area (Å²) in [6.07, 6.45) is 7.45. The zero-order chi connectivity index (χ0) is 17.4. The number of amides is 1. The lowest BCUT2D eigenvalue weighted by atomic mass is 10.0. The maximum atomic E-state index is 12.5. The van der Waals surface area contributed by atoms with Gasteiger partial charge in [0.2, 0.25) is 0 Å². The fourth-order valence-electron chi connectivity index (χ4n) is 2.93. The average Bonchev–Trinajstić information content (AvgIpc) is 3.20. The maximum Gasteiger partial charge on any atom is 0.269 e. The van der Waals surface area contributed by atoms with Crippen molar-refractivity contribution in [1.82, 2.24) is 15.1 Å². The van der Waals surface area contributed by atoms with Crippen molar-refractivity contribution >= 4 is 15.7 Å². The van der Waals surface area contributed by atoms with Gasteiger partial charge in [-0.3, -0.25) is 9.48 Å². The topological polar surface area (TPSA) is 106 Å². The van der Waals surface area contributed by atoms with Crippen LogP contribution in [0.1, 0.15) is 41.0 Å². The first kappa shape index (κ1) is 16.6. The summed E-state index contributed by atoms with van der Waals surface area (Å²) < 4.78 is 25.1. The molecular weight excluding hydrogens is 330 g/mol. The molecule has 0 fully saturated rings. The Morgan fingerprint density at radius 3 is 2.83 bits per heavy atom. The molecule has 128 valence electrons. The molecule has 3 rings (SSSR count). The van der Waals surface area contributed by atoms with Crippen LogP contribution in [-0.4, -0.2) is 42.1 Å². The molecule has 1 N–H and O–H groups in total. The lowest BCUT2D eigenvalue weighted by Gasteiger charge is -2.13. The van der Waals surface area contributed by atoms with Crippen LogP contribution in [0.25, 0.3) is 0 Å². The Morgan fingerprint density at radius 2 is 2.17 bits per heavy atom. The third kappa shape index (κ3) is 3.33. The van der Waals surface area contributed by atoms with Crippen molar-refractivity contribution < 1.29 is 13.2 Å². The summed E-state index contributed by atoms with van der Waals surface area (Å²) in [5.74, 6) is 2.19. The third-order valence-corrected chi connectivity index (χ3v) is 5.88. The molecule has 3 heterocycles. The fourth-order valence-corrected chi connectivity index (χ4v) is 4.32. The highest BCUT2D eigenvalue weighted by Crippen LogP contribution is 2.36. The summed E-state index contributed by atoms with van der Waals surface area (Å²) in [4.78, 5) is 12.5. The number of hydrogen-bond acceptors (Lipinski definition) is 6. The molecule has 8 nitrogen and oxygen atoms in total. The quantitative estimate of drug-likeness (QED) is 0.759. The number of nitrogens with one attached hydrogen (secondary N) is 1. The van der Waals surface area contributed by atoms with Gasteiger partial charge in [-0.1, -0.05) is 0 Å². The number of nitrogens with zero attached hydrogens (tertiary/aromatic N) is 4. The van der Waals surface area contributed by atoms with E-state index in [-0.39, 0.29) is 17.4 Å². The molecule has 0 bridgehead atoms. The van der Waals surface area contributed by atoms with Gasteiger partial charge in [0.05, 0.1) is 17.2 Å². The second kappa shape index (κ2) is 6.02. The number of terminal acetylenes is 1. The second-order valence-corrected chi connectivity index (χ2v) is 8.32. The van der Waals surface area contributed by atoms with Crippen molar-refractivity contribution in [3.05, 3.63) is 17.0 Å². The normalized spacial score (nSPS) is 19.3. The van der Waals surface area contributed by atoms with Crippen LogP contribution in [0.5, 0.6) is 0 Å². The van der Waals surface area contributed by atoms with Crippen LogP contribution in [-0.2, 0) is 29.1 Å². The molecule has 24 heavy (non-hydrogen) atoms. The first-order valence-electron chi connectivity index (χ1n) is 7.77. The van der Waals surface area contributed by atoms with Crippen molar-refractivity contribution in [2.75, 3.05) is 12.3 Å². The Bertz CT molecular complexity index is 841. The molecule has 1 aromatic heterocycles. The largest absolute Gasteiger partial charge is 0.351 e. The minimum atomic E-state index is -3.16. The van der Waals surface area contributed by atoms with E-state index in [4.69, 9.17) is 6.42 Å². The predicted octanol–water partition coefficient (Wildman–Crippen LogP) is 0.586. The SMILES string of the molecule is C#CCCC1(CCNC(=O)c2c3c(nn2C)CCS(=O)(=O)C3)N=N1. The maximum absolute atomic E-state index is 12.5.